The Kier molecular flexibility index (Phi) is 7.44. The Morgan fingerprint density at radius 2 is 1.77 bits per heavy atom. The van der Waals surface area contributed by atoms with Gasteiger partial charge in [0.05, 0.1) is 11.7 Å². The fourth-order valence-electron chi connectivity index (χ4n) is 3.44. The number of nitrogens with one attached hydrogen (secondary N) is 3. The Labute approximate surface area is 184 Å². The lowest BCUT2D eigenvalue weighted by molar-refractivity contribution is -0.121. The largest absolute Gasteiger partial charge is 0.335 e. The molecule has 0 saturated carbocycles. The number of aryl methyl sites for hydroxylation is 1. The van der Waals surface area contributed by atoms with Gasteiger partial charge in [0.25, 0.3) is 0 Å². The Hall–Kier alpha value is -2.45. The first kappa shape index (κ1) is 22.2. The summed E-state index contributed by atoms with van der Waals surface area (Å²) in [7, 11) is 0. The first-order valence-corrected chi connectivity index (χ1v) is 10.8. The van der Waals surface area contributed by atoms with Gasteiger partial charge in [0.2, 0.25) is 5.91 Å². The number of nitrogens with zero attached hydrogens (tertiary/aromatic N) is 1. The zero-order valence-electron chi connectivity index (χ0n) is 17.0. The number of piperidine rings is 1. The van der Waals surface area contributed by atoms with Crippen molar-refractivity contribution in [2.24, 2.45) is 0 Å². The van der Waals surface area contributed by atoms with Crippen molar-refractivity contribution in [3.8, 4) is 0 Å². The van der Waals surface area contributed by atoms with Crippen LogP contribution < -0.4 is 16.0 Å². The number of hydrogen-bond donors (Lipinski definition) is 3. The summed E-state index contributed by atoms with van der Waals surface area (Å²) in [6, 6.07) is 10.9. The predicted octanol–water partition coefficient (Wildman–Crippen LogP) is 4.51. The number of carbonyl (C=O) groups excluding carboxylic acids is 2. The monoisotopic (exact) mass is 476 g/mol. The van der Waals surface area contributed by atoms with Crippen LogP contribution in [0.1, 0.15) is 25.3 Å². The standard InChI is InChI=1S/C22H26BrFN4O2/c1-14-3-8-20(19(23)13-14)27-21(29)15(2)28-11-9-18(10-12-28)26-22(30)25-17-6-4-16(24)5-7-17/h3-8,13,15,18H,9-12H2,1-2H3,(H,27,29)(H2,25,26,30)/t15-/m0/s1. The van der Waals surface area contributed by atoms with Gasteiger partial charge in [-0.05, 0) is 84.6 Å². The molecule has 2 aromatic rings. The Morgan fingerprint density at radius 1 is 1.10 bits per heavy atom. The Balaban J connectivity index is 1.45. The molecular weight excluding hydrogens is 451 g/mol. The molecule has 1 saturated heterocycles. The van der Waals surface area contributed by atoms with Gasteiger partial charge in [-0.1, -0.05) is 6.07 Å². The quantitative estimate of drug-likeness (QED) is 0.594. The molecule has 0 unspecified atom stereocenters. The lowest BCUT2D eigenvalue weighted by Gasteiger charge is -2.35. The molecule has 1 atom stereocenters. The minimum Gasteiger partial charge on any atom is -0.335 e. The molecule has 1 aliphatic heterocycles. The van der Waals surface area contributed by atoms with E-state index >= 15 is 0 Å². The molecule has 1 fully saturated rings. The van der Waals surface area contributed by atoms with Crippen LogP contribution in [0.3, 0.4) is 0 Å². The Morgan fingerprint density at radius 3 is 2.40 bits per heavy atom. The molecule has 0 aliphatic carbocycles. The fourth-order valence-corrected chi connectivity index (χ4v) is 4.03. The number of halogens is 2. The molecule has 0 radical (unpaired) electrons. The Bertz CT molecular complexity index is 899. The van der Waals surface area contributed by atoms with Crippen molar-refractivity contribution in [3.63, 3.8) is 0 Å². The molecule has 3 N–H and O–H groups in total. The fraction of sp³-hybridized carbons (Fsp3) is 0.364. The van der Waals surface area contributed by atoms with E-state index in [2.05, 4.69) is 36.8 Å². The average molecular weight is 477 g/mol. The topological polar surface area (TPSA) is 73.5 Å². The summed E-state index contributed by atoms with van der Waals surface area (Å²) in [5, 5.41) is 8.63. The van der Waals surface area contributed by atoms with Crippen LogP contribution in [-0.2, 0) is 4.79 Å². The highest BCUT2D eigenvalue weighted by atomic mass is 79.9. The van der Waals surface area contributed by atoms with Gasteiger partial charge in [-0.15, -0.1) is 0 Å². The molecule has 8 heteroatoms. The zero-order chi connectivity index (χ0) is 21.7. The van der Waals surface area contributed by atoms with Crippen LogP contribution in [0.25, 0.3) is 0 Å². The average Bonchev–Trinajstić information content (AvgIpc) is 2.71. The van der Waals surface area contributed by atoms with Crippen LogP contribution in [0.2, 0.25) is 0 Å². The number of likely N-dealkylation sites (tertiary alicyclic amines) is 1. The van der Waals surface area contributed by atoms with Crippen molar-refractivity contribution in [1.29, 1.82) is 0 Å². The minimum atomic E-state index is -0.346. The summed E-state index contributed by atoms with van der Waals surface area (Å²) in [5.74, 6) is -0.402. The van der Waals surface area contributed by atoms with E-state index < -0.39 is 0 Å². The maximum Gasteiger partial charge on any atom is 0.319 e. The van der Waals surface area contributed by atoms with Gasteiger partial charge in [-0.25, -0.2) is 9.18 Å². The van der Waals surface area contributed by atoms with Crippen molar-refractivity contribution in [3.05, 3.63) is 58.3 Å². The van der Waals surface area contributed by atoms with Crippen LogP contribution in [0.15, 0.2) is 46.9 Å². The first-order chi connectivity index (χ1) is 14.3. The van der Waals surface area contributed by atoms with Gasteiger partial charge in [-0.2, -0.15) is 0 Å². The molecule has 2 aromatic carbocycles. The summed E-state index contributed by atoms with van der Waals surface area (Å²) < 4.78 is 13.8. The number of carbonyl (C=O) groups is 2. The predicted molar refractivity (Wildman–Crippen MR) is 120 cm³/mol. The first-order valence-electron chi connectivity index (χ1n) is 9.96. The minimum absolute atomic E-state index is 0.0307. The number of rotatable bonds is 5. The smallest absolute Gasteiger partial charge is 0.319 e. The third-order valence-corrected chi connectivity index (χ3v) is 5.93. The number of hydrogen-bond acceptors (Lipinski definition) is 3. The maximum absolute atomic E-state index is 12.9. The normalized spacial score (nSPS) is 16.0. The number of benzene rings is 2. The lowest BCUT2D eigenvalue weighted by atomic mass is 10.0. The summed E-state index contributed by atoms with van der Waals surface area (Å²) in [6.45, 7) is 5.32. The van der Waals surface area contributed by atoms with E-state index in [1.165, 1.54) is 24.3 Å². The molecule has 3 rings (SSSR count). The number of urea groups is 1. The molecule has 0 bridgehead atoms. The van der Waals surface area contributed by atoms with Crippen LogP contribution >= 0.6 is 15.9 Å². The third kappa shape index (κ3) is 6.03. The summed E-state index contributed by atoms with van der Waals surface area (Å²) in [6.07, 6.45) is 1.51. The van der Waals surface area contributed by atoms with Crippen molar-refractivity contribution in [2.75, 3.05) is 23.7 Å². The second kappa shape index (κ2) is 10.0. The number of anilines is 2. The SMILES string of the molecule is Cc1ccc(NC(=O)[C@H](C)N2CCC(NC(=O)Nc3ccc(F)cc3)CC2)c(Br)c1. The zero-order valence-corrected chi connectivity index (χ0v) is 18.6. The van der Waals surface area contributed by atoms with Crippen LogP contribution in [0.4, 0.5) is 20.6 Å². The van der Waals surface area contributed by atoms with Crippen molar-refractivity contribution >= 4 is 39.2 Å². The van der Waals surface area contributed by atoms with Crippen molar-refractivity contribution in [2.45, 2.75) is 38.8 Å². The highest BCUT2D eigenvalue weighted by Crippen LogP contribution is 2.24. The molecular formula is C22H26BrFN4O2. The molecule has 0 spiro atoms. The molecule has 3 amide bonds. The lowest BCUT2D eigenvalue weighted by Crippen LogP contribution is -2.51. The van der Waals surface area contributed by atoms with E-state index in [1.54, 1.807) is 0 Å². The summed E-state index contributed by atoms with van der Waals surface area (Å²) in [5.41, 5.74) is 2.41. The molecule has 0 aromatic heterocycles. The van der Waals surface area contributed by atoms with Gasteiger partial charge in [0.15, 0.2) is 0 Å². The molecule has 30 heavy (non-hydrogen) atoms. The van der Waals surface area contributed by atoms with E-state index in [1.807, 2.05) is 32.0 Å². The maximum atomic E-state index is 12.9. The number of amides is 3. The molecule has 1 aliphatic rings. The van der Waals surface area contributed by atoms with Gasteiger partial charge in [0, 0.05) is 29.3 Å². The summed E-state index contributed by atoms with van der Waals surface area (Å²) in [4.78, 5) is 26.9. The van der Waals surface area contributed by atoms with E-state index in [9.17, 15) is 14.0 Å². The third-order valence-electron chi connectivity index (χ3n) is 5.28. The van der Waals surface area contributed by atoms with Gasteiger partial charge in [0.1, 0.15) is 5.82 Å². The summed E-state index contributed by atoms with van der Waals surface area (Å²) >= 11 is 3.49. The second-order valence-electron chi connectivity index (χ2n) is 7.56. The van der Waals surface area contributed by atoms with Crippen LogP contribution in [-0.4, -0.2) is 42.0 Å². The van der Waals surface area contributed by atoms with Gasteiger partial charge < -0.3 is 16.0 Å². The molecule has 160 valence electrons. The van der Waals surface area contributed by atoms with E-state index in [0.29, 0.717) is 18.8 Å². The van der Waals surface area contributed by atoms with Crippen LogP contribution in [0, 0.1) is 12.7 Å². The second-order valence-corrected chi connectivity index (χ2v) is 8.42. The van der Waals surface area contributed by atoms with E-state index in [-0.39, 0.29) is 29.8 Å². The highest BCUT2D eigenvalue weighted by molar-refractivity contribution is 9.10. The van der Waals surface area contributed by atoms with Gasteiger partial charge in [-0.3, -0.25) is 9.69 Å². The van der Waals surface area contributed by atoms with Gasteiger partial charge >= 0.3 is 6.03 Å². The van der Waals surface area contributed by atoms with Crippen LogP contribution in [0.5, 0.6) is 0 Å². The van der Waals surface area contributed by atoms with E-state index in [0.717, 1.165) is 28.6 Å². The highest BCUT2D eigenvalue weighted by Gasteiger charge is 2.27. The molecule has 1 heterocycles. The van der Waals surface area contributed by atoms with Crippen molar-refractivity contribution in [1.82, 2.24) is 10.2 Å². The molecule has 6 nitrogen and oxygen atoms in total. The van der Waals surface area contributed by atoms with E-state index in [4.69, 9.17) is 0 Å². The van der Waals surface area contributed by atoms with Crippen molar-refractivity contribution < 1.29 is 14.0 Å².